The number of para-hydroxylation sites is 1. The van der Waals surface area contributed by atoms with E-state index in [0.717, 1.165) is 20.5 Å². The molecule has 0 radical (unpaired) electrons. The fourth-order valence-electron chi connectivity index (χ4n) is 3.34. The maximum absolute atomic E-state index is 13.3. The van der Waals surface area contributed by atoms with Crippen LogP contribution in [-0.4, -0.2) is 15.7 Å². The summed E-state index contributed by atoms with van der Waals surface area (Å²) < 4.78 is 3.21. The normalized spacial score (nSPS) is 12.4. The summed E-state index contributed by atoms with van der Waals surface area (Å²) in [6.07, 6.45) is 0.427. The Kier molecular flexibility index (Phi) is 4.91. The van der Waals surface area contributed by atoms with Crippen LogP contribution in [0.15, 0.2) is 53.3 Å². The number of anilines is 1. The highest BCUT2D eigenvalue weighted by Gasteiger charge is 2.24. The Morgan fingerprint density at radius 1 is 1.21 bits per heavy atom. The predicted molar refractivity (Wildman–Crippen MR) is 116 cm³/mol. The molecule has 0 saturated heterocycles. The lowest BCUT2D eigenvalue weighted by atomic mass is 10.1. The maximum atomic E-state index is 13.3. The third-order valence-corrected chi connectivity index (χ3v) is 6.33. The van der Waals surface area contributed by atoms with E-state index >= 15 is 0 Å². The minimum Gasteiger partial charge on any atom is -0.323 e. The summed E-state index contributed by atoms with van der Waals surface area (Å²) in [4.78, 5) is 26.2. The monoisotopic (exact) mass is 411 g/mol. The zero-order valence-electron chi connectivity index (χ0n) is 15.4. The lowest BCUT2D eigenvalue weighted by Crippen LogP contribution is -2.35. The minimum atomic E-state index is -0.731. The zero-order chi connectivity index (χ0) is 19.8. The number of rotatable bonds is 4. The highest BCUT2D eigenvalue weighted by molar-refractivity contribution is 7.26. The second-order valence-corrected chi connectivity index (χ2v) is 7.99. The second-order valence-electron chi connectivity index (χ2n) is 6.53. The molecular weight excluding hydrogens is 394 g/mol. The first-order chi connectivity index (χ1) is 13.5. The smallest absolute Gasteiger partial charge is 0.276 e. The lowest BCUT2D eigenvalue weighted by molar-refractivity contribution is -0.119. The van der Waals surface area contributed by atoms with Gasteiger partial charge in [-0.2, -0.15) is 5.10 Å². The highest BCUT2D eigenvalue weighted by atomic mass is 35.5. The molecule has 142 valence electrons. The topological polar surface area (TPSA) is 64.0 Å². The number of hydrogen-bond donors (Lipinski definition) is 1. The van der Waals surface area contributed by atoms with Gasteiger partial charge in [0.25, 0.3) is 5.56 Å². The third-order valence-electron chi connectivity index (χ3n) is 4.72. The van der Waals surface area contributed by atoms with Crippen LogP contribution in [0.2, 0.25) is 5.02 Å². The summed E-state index contributed by atoms with van der Waals surface area (Å²) in [5, 5.41) is 9.26. The lowest BCUT2D eigenvalue weighted by Gasteiger charge is -2.18. The van der Waals surface area contributed by atoms with Crippen LogP contribution in [0.4, 0.5) is 5.69 Å². The Hall–Kier alpha value is -2.70. The molecule has 2 aromatic heterocycles. The van der Waals surface area contributed by atoms with Crippen LogP contribution in [0.5, 0.6) is 0 Å². The average molecular weight is 412 g/mol. The number of aromatic nitrogens is 2. The summed E-state index contributed by atoms with van der Waals surface area (Å²) >= 11 is 7.70. The van der Waals surface area contributed by atoms with Crippen LogP contribution in [0.1, 0.15) is 25.1 Å². The number of carbonyl (C=O) groups is 1. The molecule has 1 N–H and O–H groups in total. The minimum absolute atomic E-state index is 0.251. The SMILES string of the molecule is CC[C@H](C(=O)Nc1ccccc1Cl)n1nc(C)c2sc3ccccc3c2c1=O. The molecule has 0 unspecified atom stereocenters. The summed E-state index contributed by atoms with van der Waals surface area (Å²) in [7, 11) is 0. The number of hydrogen-bond acceptors (Lipinski definition) is 4. The van der Waals surface area contributed by atoms with Gasteiger partial charge in [-0.3, -0.25) is 9.59 Å². The van der Waals surface area contributed by atoms with Crippen molar-refractivity contribution in [2.45, 2.75) is 26.3 Å². The van der Waals surface area contributed by atoms with Crippen LogP contribution >= 0.6 is 22.9 Å². The van der Waals surface area contributed by atoms with E-state index in [-0.39, 0.29) is 11.5 Å². The van der Waals surface area contributed by atoms with E-state index in [1.54, 1.807) is 35.6 Å². The summed E-state index contributed by atoms with van der Waals surface area (Å²) in [5.41, 5.74) is 0.999. The summed E-state index contributed by atoms with van der Waals surface area (Å²) in [5.74, 6) is -0.316. The molecule has 2 aromatic carbocycles. The van der Waals surface area contributed by atoms with E-state index in [0.29, 0.717) is 22.5 Å². The number of amides is 1. The molecule has 1 atom stereocenters. The van der Waals surface area contributed by atoms with E-state index in [2.05, 4.69) is 10.4 Å². The molecule has 4 aromatic rings. The number of aryl methyl sites for hydroxylation is 1. The van der Waals surface area contributed by atoms with Crippen LogP contribution in [0, 0.1) is 6.92 Å². The van der Waals surface area contributed by atoms with E-state index in [9.17, 15) is 9.59 Å². The van der Waals surface area contributed by atoms with Crippen molar-refractivity contribution >= 4 is 54.7 Å². The molecular formula is C21H18ClN3O2S. The van der Waals surface area contributed by atoms with Gasteiger partial charge in [0.05, 0.1) is 26.5 Å². The van der Waals surface area contributed by atoms with Gasteiger partial charge in [0.2, 0.25) is 5.91 Å². The van der Waals surface area contributed by atoms with Crippen molar-refractivity contribution in [2.75, 3.05) is 5.32 Å². The molecule has 1 amide bonds. The fourth-order valence-corrected chi connectivity index (χ4v) is 4.66. The van der Waals surface area contributed by atoms with Gasteiger partial charge in [0, 0.05) is 10.1 Å². The first-order valence-electron chi connectivity index (χ1n) is 8.97. The van der Waals surface area contributed by atoms with Crippen LogP contribution in [-0.2, 0) is 4.79 Å². The number of halogens is 1. The van der Waals surface area contributed by atoms with Gasteiger partial charge < -0.3 is 5.32 Å². The van der Waals surface area contributed by atoms with Gasteiger partial charge in [0.1, 0.15) is 6.04 Å². The average Bonchev–Trinajstić information content (AvgIpc) is 3.08. The van der Waals surface area contributed by atoms with Crippen molar-refractivity contribution in [3.8, 4) is 0 Å². The molecule has 7 heteroatoms. The van der Waals surface area contributed by atoms with Crippen molar-refractivity contribution in [1.82, 2.24) is 9.78 Å². The van der Waals surface area contributed by atoms with Gasteiger partial charge in [0.15, 0.2) is 0 Å². The van der Waals surface area contributed by atoms with Gasteiger partial charge in [-0.25, -0.2) is 4.68 Å². The second kappa shape index (κ2) is 7.37. The molecule has 5 nitrogen and oxygen atoms in total. The predicted octanol–water partition coefficient (Wildman–Crippen LogP) is 5.16. The Morgan fingerprint density at radius 3 is 2.68 bits per heavy atom. The van der Waals surface area contributed by atoms with Crippen molar-refractivity contribution in [3.63, 3.8) is 0 Å². The molecule has 0 saturated carbocycles. The molecule has 0 spiro atoms. The van der Waals surface area contributed by atoms with Crippen molar-refractivity contribution in [3.05, 3.63) is 69.6 Å². The highest BCUT2D eigenvalue weighted by Crippen LogP contribution is 2.33. The van der Waals surface area contributed by atoms with Crippen molar-refractivity contribution < 1.29 is 4.79 Å². The maximum Gasteiger partial charge on any atom is 0.276 e. The first kappa shape index (κ1) is 18.7. The van der Waals surface area contributed by atoms with Gasteiger partial charge in [-0.1, -0.05) is 48.9 Å². The third kappa shape index (κ3) is 3.08. The molecule has 0 bridgehead atoms. The standard InChI is InChI=1S/C21H18ClN3O2S/c1-3-16(20(26)23-15-10-6-5-9-14(15)22)25-21(27)18-13-8-4-7-11-17(13)28-19(18)12(2)24-25/h4-11,16H,3H2,1-2H3,(H,23,26)/t16-/m1/s1. The van der Waals surface area contributed by atoms with Crippen molar-refractivity contribution in [2.24, 2.45) is 0 Å². The molecule has 28 heavy (non-hydrogen) atoms. The van der Waals surface area contributed by atoms with Crippen molar-refractivity contribution in [1.29, 1.82) is 0 Å². The number of benzene rings is 2. The molecule has 0 aliphatic heterocycles. The summed E-state index contributed by atoms with van der Waals surface area (Å²) in [6, 6.07) is 14.1. The molecule has 0 aliphatic carbocycles. The Bertz CT molecular complexity index is 1260. The number of carbonyl (C=O) groups excluding carboxylic acids is 1. The van der Waals surface area contributed by atoms with E-state index in [1.807, 2.05) is 38.1 Å². The van der Waals surface area contributed by atoms with Gasteiger partial charge in [-0.05, 0) is 31.5 Å². The number of fused-ring (bicyclic) bond motifs is 3. The van der Waals surface area contributed by atoms with Crippen LogP contribution < -0.4 is 10.9 Å². The first-order valence-corrected chi connectivity index (χ1v) is 10.2. The fraction of sp³-hybridized carbons (Fsp3) is 0.190. The molecule has 4 rings (SSSR count). The Balaban J connectivity index is 1.83. The molecule has 0 fully saturated rings. The van der Waals surface area contributed by atoms with E-state index < -0.39 is 6.04 Å². The molecule has 0 aliphatic rings. The Morgan fingerprint density at radius 2 is 1.93 bits per heavy atom. The molecule has 2 heterocycles. The summed E-state index contributed by atoms with van der Waals surface area (Å²) in [6.45, 7) is 3.72. The van der Waals surface area contributed by atoms with Crippen LogP contribution in [0.25, 0.3) is 20.2 Å². The zero-order valence-corrected chi connectivity index (χ0v) is 17.0. The van der Waals surface area contributed by atoms with Crippen LogP contribution in [0.3, 0.4) is 0 Å². The van der Waals surface area contributed by atoms with E-state index in [4.69, 9.17) is 11.6 Å². The van der Waals surface area contributed by atoms with Gasteiger partial charge >= 0.3 is 0 Å². The Labute approximate surface area is 170 Å². The number of nitrogens with one attached hydrogen (secondary N) is 1. The van der Waals surface area contributed by atoms with E-state index in [1.165, 1.54) is 4.68 Å². The largest absolute Gasteiger partial charge is 0.323 e. The number of nitrogens with zero attached hydrogens (tertiary/aromatic N) is 2. The number of thiophene rings is 1. The quantitative estimate of drug-likeness (QED) is 0.504. The van der Waals surface area contributed by atoms with Gasteiger partial charge in [-0.15, -0.1) is 11.3 Å².